The number of thiazole rings is 1. The Labute approximate surface area is 130 Å². The first kappa shape index (κ1) is 14.6. The van der Waals surface area contributed by atoms with Gasteiger partial charge in [0.25, 0.3) is 0 Å². The summed E-state index contributed by atoms with van der Waals surface area (Å²) in [5.41, 5.74) is 1.13. The second kappa shape index (κ2) is 6.62. The molecule has 4 nitrogen and oxygen atoms in total. The molecule has 0 amide bonds. The third-order valence-electron chi connectivity index (χ3n) is 4.33. The van der Waals surface area contributed by atoms with Crippen molar-refractivity contribution in [2.45, 2.75) is 45.2 Å². The smallest absolute Gasteiger partial charge is 0.188 e. The quantitative estimate of drug-likeness (QED) is 0.865. The molecule has 5 heteroatoms. The standard InChI is InChI=1S/C16H22N4S/c1-12-4-6-14(7-5-12)20(2)10-13-11-21-16(19-13)15-17-8-3-9-18-15/h3,8-9,11-12,14H,4-7,10H2,1-2H3. The third kappa shape index (κ3) is 3.66. The number of rotatable bonds is 4. The van der Waals surface area contributed by atoms with E-state index in [0.29, 0.717) is 6.04 Å². The second-order valence-corrected chi connectivity index (χ2v) is 6.90. The highest BCUT2D eigenvalue weighted by atomic mass is 32.1. The van der Waals surface area contributed by atoms with Crippen molar-refractivity contribution in [3.63, 3.8) is 0 Å². The van der Waals surface area contributed by atoms with Crippen molar-refractivity contribution in [1.82, 2.24) is 19.9 Å². The molecule has 1 saturated carbocycles. The molecule has 2 heterocycles. The molecule has 2 aromatic rings. The van der Waals surface area contributed by atoms with E-state index in [4.69, 9.17) is 0 Å². The molecule has 1 aliphatic carbocycles. The fourth-order valence-electron chi connectivity index (χ4n) is 2.96. The summed E-state index contributed by atoms with van der Waals surface area (Å²) in [6, 6.07) is 2.54. The van der Waals surface area contributed by atoms with Gasteiger partial charge in [0.1, 0.15) is 0 Å². The molecule has 112 valence electrons. The Bertz CT molecular complexity index is 561. The molecular weight excluding hydrogens is 280 g/mol. The van der Waals surface area contributed by atoms with Gasteiger partial charge >= 0.3 is 0 Å². The van der Waals surface area contributed by atoms with Crippen molar-refractivity contribution in [2.24, 2.45) is 5.92 Å². The molecule has 0 radical (unpaired) electrons. The van der Waals surface area contributed by atoms with Crippen LogP contribution in [0, 0.1) is 5.92 Å². The summed E-state index contributed by atoms with van der Waals surface area (Å²) in [5.74, 6) is 1.62. The fourth-order valence-corrected chi connectivity index (χ4v) is 3.72. The van der Waals surface area contributed by atoms with Gasteiger partial charge in [-0.15, -0.1) is 11.3 Å². The van der Waals surface area contributed by atoms with Crippen molar-refractivity contribution in [3.05, 3.63) is 29.5 Å². The Kier molecular flexibility index (Phi) is 4.60. The largest absolute Gasteiger partial charge is 0.298 e. The van der Waals surface area contributed by atoms with Gasteiger partial charge in [-0.25, -0.2) is 15.0 Å². The van der Waals surface area contributed by atoms with Crippen LogP contribution in [-0.4, -0.2) is 32.9 Å². The van der Waals surface area contributed by atoms with E-state index < -0.39 is 0 Å². The maximum atomic E-state index is 4.68. The highest BCUT2D eigenvalue weighted by molar-refractivity contribution is 7.13. The Balaban J connectivity index is 1.62. The van der Waals surface area contributed by atoms with Gasteiger partial charge in [0.15, 0.2) is 10.8 Å². The van der Waals surface area contributed by atoms with Crippen LogP contribution >= 0.6 is 11.3 Å². The molecule has 0 saturated heterocycles. The lowest BCUT2D eigenvalue weighted by Gasteiger charge is -2.33. The normalized spacial score (nSPS) is 22.6. The fraction of sp³-hybridized carbons (Fsp3) is 0.562. The van der Waals surface area contributed by atoms with Crippen LogP contribution in [0.4, 0.5) is 0 Å². The van der Waals surface area contributed by atoms with Gasteiger partial charge < -0.3 is 0 Å². The van der Waals surface area contributed by atoms with E-state index in [0.717, 1.165) is 29.0 Å². The summed E-state index contributed by atoms with van der Waals surface area (Å²) in [7, 11) is 2.22. The van der Waals surface area contributed by atoms with Gasteiger partial charge in [0.2, 0.25) is 0 Å². The lowest BCUT2D eigenvalue weighted by molar-refractivity contribution is 0.162. The molecule has 0 unspecified atom stereocenters. The molecule has 1 aliphatic rings. The van der Waals surface area contributed by atoms with Gasteiger partial charge in [-0.2, -0.15) is 0 Å². The molecule has 0 aromatic carbocycles. The topological polar surface area (TPSA) is 41.9 Å². The monoisotopic (exact) mass is 302 g/mol. The van der Waals surface area contributed by atoms with Crippen LogP contribution < -0.4 is 0 Å². The second-order valence-electron chi connectivity index (χ2n) is 6.05. The summed E-state index contributed by atoms with van der Waals surface area (Å²) in [5, 5.41) is 3.05. The Hall–Kier alpha value is -1.33. The van der Waals surface area contributed by atoms with E-state index in [1.807, 2.05) is 6.07 Å². The molecule has 2 aromatic heterocycles. The minimum absolute atomic E-state index is 0.708. The van der Waals surface area contributed by atoms with Crippen LogP contribution in [0.25, 0.3) is 10.8 Å². The van der Waals surface area contributed by atoms with Crippen LogP contribution in [0.5, 0.6) is 0 Å². The average Bonchev–Trinajstić information content (AvgIpc) is 2.97. The van der Waals surface area contributed by atoms with Gasteiger partial charge in [0, 0.05) is 30.4 Å². The number of hydrogen-bond acceptors (Lipinski definition) is 5. The van der Waals surface area contributed by atoms with Crippen LogP contribution in [0.15, 0.2) is 23.8 Å². The predicted octanol–water partition coefficient (Wildman–Crippen LogP) is 3.61. The van der Waals surface area contributed by atoms with Crippen LogP contribution in [0.3, 0.4) is 0 Å². The number of aromatic nitrogens is 3. The number of nitrogens with zero attached hydrogens (tertiary/aromatic N) is 4. The molecule has 3 rings (SSSR count). The molecule has 0 bridgehead atoms. The van der Waals surface area contributed by atoms with Crippen LogP contribution in [0.2, 0.25) is 0 Å². The SMILES string of the molecule is CC1CCC(N(C)Cc2csc(-c3ncccn3)n2)CC1. The molecule has 1 fully saturated rings. The van der Waals surface area contributed by atoms with Gasteiger partial charge in [-0.05, 0) is 44.7 Å². The van der Waals surface area contributed by atoms with Crippen LogP contribution in [-0.2, 0) is 6.54 Å². The van der Waals surface area contributed by atoms with E-state index in [1.54, 1.807) is 23.7 Å². The van der Waals surface area contributed by atoms with E-state index in [2.05, 4.69) is 39.2 Å². The molecular formula is C16H22N4S. The van der Waals surface area contributed by atoms with Crippen molar-refractivity contribution in [3.8, 4) is 10.8 Å². The molecule has 0 atom stereocenters. The summed E-state index contributed by atoms with van der Waals surface area (Å²) in [4.78, 5) is 15.7. The van der Waals surface area contributed by atoms with E-state index in [9.17, 15) is 0 Å². The Morgan fingerprint density at radius 2 is 1.90 bits per heavy atom. The van der Waals surface area contributed by atoms with E-state index in [-0.39, 0.29) is 0 Å². The van der Waals surface area contributed by atoms with E-state index in [1.165, 1.54) is 25.7 Å². The van der Waals surface area contributed by atoms with E-state index >= 15 is 0 Å². The summed E-state index contributed by atoms with van der Waals surface area (Å²) >= 11 is 1.63. The first-order valence-corrected chi connectivity index (χ1v) is 8.52. The minimum atomic E-state index is 0.708. The van der Waals surface area contributed by atoms with Crippen molar-refractivity contribution >= 4 is 11.3 Å². The molecule has 0 aliphatic heterocycles. The highest BCUT2D eigenvalue weighted by Crippen LogP contribution is 2.28. The molecule has 0 N–H and O–H groups in total. The zero-order valence-electron chi connectivity index (χ0n) is 12.7. The number of hydrogen-bond donors (Lipinski definition) is 0. The third-order valence-corrected chi connectivity index (χ3v) is 5.22. The molecule has 0 spiro atoms. The summed E-state index contributed by atoms with van der Waals surface area (Å²) < 4.78 is 0. The zero-order chi connectivity index (χ0) is 14.7. The first-order valence-electron chi connectivity index (χ1n) is 7.64. The lowest BCUT2D eigenvalue weighted by atomic mass is 9.87. The predicted molar refractivity (Wildman–Crippen MR) is 86.0 cm³/mol. The van der Waals surface area contributed by atoms with Crippen molar-refractivity contribution in [1.29, 1.82) is 0 Å². The van der Waals surface area contributed by atoms with Gasteiger partial charge in [-0.3, -0.25) is 4.90 Å². The van der Waals surface area contributed by atoms with Crippen molar-refractivity contribution < 1.29 is 0 Å². The van der Waals surface area contributed by atoms with Gasteiger partial charge in [0.05, 0.1) is 5.69 Å². The Morgan fingerprint density at radius 1 is 1.19 bits per heavy atom. The van der Waals surface area contributed by atoms with Crippen LogP contribution in [0.1, 0.15) is 38.3 Å². The van der Waals surface area contributed by atoms with Gasteiger partial charge in [-0.1, -0.05) is 6.92 Å². The highest BCUT2D eigenvalue weighted by Gasteiger charge is 2.22. The lowest BCUT2D eigenvalue weighted by Crippen LogP contribution is -2.34. The minimum Gasteiger partial charge on any atom is -0.298 e. The van der Waals surface area contributed by atoms with Crippen molar-refractivity contribution in [2.75, 3.05) is 7.05 Å². The zero-order valence-corrected chi connectivity index (χ0v) is 13.5. The summed E-state index contributed by atoms with van der Waals surface area (Å²) in [6.45, 7) is 3.28. The Morgan fingerprint density at radius 3 is 2.62 bits per heavy atom. The first-order chi connectivity index (χ1) is 10.2. The maximum Gasteiger partial charge on any atom is 0.188 e. The molecule has 21 heavy (non-hydrogen) atoms. The average molecular weight is 302 g/mol. The maximum absolute atomic E-state index is 4.68. The summed E-state index contributed by atoms with van der Waals surface area (Å²) in [6.07, 6.45) is 8.87.